The fraction of sp³-hybridized carbons (Fsp3) is 0.500. The molecule has 6 heteroatoms. The molecule has 2 rings (SSSR count). The third kappa shape index (κ3) is 2.99. The fourth-order valence-corrected chi connectivity index (χ4v) is 2.52. The molecule has 1 aliphatic heterocycles. The van der Waals surface area contributed by atoms with Gasteiger partial charge in [0.25, 0.3) is 5.91 Å². The Morgan fingerprint density at radius 1 is 1.50 bits per heavy atom. The monoisotopic (exact) mass is 298 g/mol. The molecule has 1 heterocycles. The molecule has 1 unspecified atom stereocenters. The Bertz CT molecular complexity index is 507. The molecule has 1 fully saturated rings. The predicted octanol–water partition coefficient (Wildman–Crippen LogP) is 1.46. The Kier molecular flexibility index (Phi) is 4.73. The molecule has 1 atom stereocenters. The van der Waals surface area contributed by atoms with E-state index in [4.69, 9.17) is 26.8 Å². The number of carbonyl (C=O) groups excluding carboxylic acids is 1. The van der Waals surface area contributed by atoms with Crippen molar-refractivity contribution in [3.63, 3.8) is 0 Å². The summed E-state index contributed by atoms with van der Waals surface area (Å²) < 4.78 is 11.2. The standard InChI is InChI=1S/C14H19ClN2O3/c1-17-6-4-11(14(17)18)20-13-9(3-5-16)7-10(15)8-12(13)19-2/h7-8,11H,3-6,16H2,1-2H3. The average molecular weight is 299 g/mol. The van der Waals surface area contributed by atoms with Crippen LogP contribution in [0.5, 0.6) is 11.5 Å². The summed E-state index contributed by atoms with van der Waals surface area (Å²) in [5.41, 5.74) is 6.47. The van der Waals surface area contributed by atoms with Crippen LogP contribution >= 0.6 is 11.6 Å². The molecule has 0 saturated carbocycles. The number of methoxy groups -OCH3 is 1. The highest BCUT2D eigenvalue weighted by atomic mass is 35.5. The van der Waals surface area contributed by atoms with E-state index in [1.54, 1.807) is 31.2 Å². The lowest BCUT2D eigenvalue weighted by Gasteiger charge is -2.19. The summed E-state index contributed by atoms with van der Waals surface area (Å²) in [6.45, 7) is 1.17. The lowest BCUT2D eigenvalue weighted by molar-refractivity contribution is -0.132. The van der Waals surface area contributed by atoms with Gasteiger partial charge in [-0.25, -0.2) is 0 Å². The second-order valence-corrected chi connectivity index (χ2v) is 5.23. The molecule has 1 aliphatic rings. The quantitative estimate of drug-likeness (QED) is 0.894. The van der Waals surface area contributed by atoms with Gasteiger partial charge in [-0.15, -0.1) is 0 Å². The highest BCUT2D eigenvalue weighted by molar-refractivity contribution is 6.30. The van der Waals surface area contributed by atoms with Gasteiger partial charge in [0, 0.05) is 36.7 Å². The van der Waals surface area contributed by atoms with Gasteiger partial charge in [-0.1, -0.05) is 11.6 Å². The highest BCUT2D eigenvalue weighted by Gasteiger charge is 2.32. The smallest absolute Gasteiger partial charge is 0.263 e. The molecule has 0 radical (unpaired) electrons. The summed E-state index contributed by atoms with van der Waals surface area (Å²) in [5.74, 6) is 1.08. The van der Waals surface area contributed by atoms with Crippen molar-refractivity contribution in [3.05, 3.63) is 22.7 Å². The summed E-state index contributed by atoms with van der Waals surface area (Å²) in [6, 6.07) is 3.48. The highest BCUT2D eigenvalue weighted by Crippen LogP contribution is 2.36. The van der Waals surface area contributed by atoms with Crippen molar-refractivity contribution in [2.45, 2.75) is 18.9 Å². The molecule has 0 aromatic heterocycles. The second kappa shape index (κ2) is 6.33. The predicted molar refractivity (Wildman–Crippen MR) is 77.4 cm³/mol. The molecular formula is C14H19ClN2O3. The molecule has 20 heavy (non-hydrogen) atoms. The number of likely N-dealkylation sites (N-methyl/N-ethyl adjacent to an activating group) is 1. The van der Waals surface area contributed by atoms with E-state index in [0.29, 0.717) is 42.5 Å². The summed E-state index contributed by atoms with van der Waals surface area (Å²) in [6.07, 6.45) is 0.818. The lowest BCUT2D eigenvalue weighted by Crippen LogP contribution is -2.29. The number of halogens is 1. The first-order chi connectivity index (χ1) is 9.56. The Hall–Kier alpha value is -1.46. The van der Waals surface area contributed by atoms with Crippen LogP contribution in [-0.2, 0) is 11.2 Å². The van der Waals surface area contributed by atoms with Crippen molar-refractivity contribution in [1.29, 1.82) is 0 Å². The van der Waals surface area contributed by atoms with Crippen LogP contribution in [0.15, 0.2) is 12.1 Å². The average Bonchev–Trinajstić information content (AvgIpc) is 2.73. The largest absolute Gasteiger partial charge is 0.493 e. The molecule has 1 aromatic rings. The summed E-state index contributed by atoms with van der Waals surface area (Å²) in [4.78, 5) is 13.6. The number of hydrogen-bond donors (Lipinski definition) is 1. The van der Waals surface area contributed by atoms with E-state index in [0.717, 1.165) is 5.56 Å². The first-order valence-electron chi connectivity index (χ1n) is 6.55. The van der Waals surface area contributed by atoms with Crippen LogP contribution in [0.25, 0.3) is 0 Å². The van der Waals surface area contributed by atoms with E-state index in [1.165, 1.54) is 0 Å². The van der Waals surface area contributed by atoms with Crippen LogP contribution in [0.1, 0.15) is 12.0 Å². The van der Waals surface area contributed by atoms with Crippen molar-refractivity contribution in [3.8, 4) is 11.5 Å². The van der Waals surface area contributed by atoms with Crippen molar-refractivity contribution in [2.24, 2.45) is 5.73 Å². The van der Waals surface area contributed by atoms with Crippen LogP contribution < -0.4 is 15.2 Å². The van der Waals surface area contributed by atoms with Crippen LogP contribution in [0.3, 0.4) is 0 Å². The van der Waals surface area contributed by atoms with Crippen LogP contribution in [0.4, 0.5) is 0 Å². The van der Waals surface area contributed by atoms with E-state index in [-0.39, 0.29) is 5.91 Å². The van der Waals surface area contributed by atoms with Gasteiger partial charge in [0.15, 0.2) is 17.6 Å². The number of ether oxygens (including phenoxy) is 2. The van der Waals surface area contributed by atoms with E-state index >= 15 is 0 Å². The van der Waals surface area contributed by atoms with Gasteiger partial charge in [0.1, 0.15) is 0 Å². The molecule has 1 aromatic carbocycles. The third-order valence-electron chi connectivity index (χ3n) is 3.37. The molecule has 0 bridgehead atoms. The number of likely N-dealkylation sites (tertiary alicyclic amines) is 1. The Morgan fingerprint density at radius 3 is 2.80 bits per heavy atom. The van der Waals surface area contributed by atoms with Crippen LogP contribution in [0, 0.1) is 0 Å². The second-order valence-electron chi connectivity index (χ2n) is 4.79. The van der Waals surface area contributed by atoms with Crippen molar-refractivity contribution in [2.75, 3.05) is 27.2 Å². The minimum absolute atomic E-state index is 0.0132. The number of nitrogens with two attached hydrogens (primary N) is 1. The van der Waals surface area contributed by atoms with Gasteiger partial charge in [-0.05, 0) is 19.0 Å². The minimum atomic E-state index is -0.466. The number of rotatable bonds is 5. The summed E-state index contributed by atoms with van der Waals surface area (Å²) >= 11 is 6.05. The zero-order chi connectivity index (χ0) is 14.7. The Morgan fingerprint density at radius 2 is 2.25 bits per heavy atom. The maximum atomic E-state index is 12.0. The van der Waals surface area contributed by atoms with Gasteiger partial charge >= 0.3 is 0 Å². The van der Waals surface area contributed by atoms with Gasteiger partial charge in [0.05, 0.1) is 7.11 Å². The first kappa shape index (κ1) is 14.9. The van der Waals surface area contributed by atoms with E-state index in [1.807, 2.05) is 0 Å². The van der Waals surface area contributed by atoms with Crippen LogP contribution in [-0.4, -0.2) is 44.2 Å². The zero-order valence-electron chi connectivity index (χ0n) is 11.7. The zero-order valence-corrected chi connectivity index (χ0v) is 12.4. The lowest BCUT2D eigenvalue weighted by atomic mass is 10.1. The van der Waals surface area contributed by atoms with E-state index in [2.05, 4.69) is 0 Å². The molecule has 110 valence electrons. The molecular weight excluding hydrogens is 280 g/mol. The third-order valence-corrected chi connectivity index (χ3v) is 3.59. The number of carbonyl (C=O) groups is 1. The number of nitrogens with zero attached hydrogens (tertiary/aromatic N) is 1. The summed E-state index contributed by atoms with van der Waals surface area (Å²) in [7, 11) is 3.32. The van der Waals surface area contributed by atoms with Gasteiger partial charge < -0.3 is 20.1 Å². The minimum Gasteiger partial charge on any atom is -0.493 e. The SMILES string of the molecule is COc1cc(Cl)cc(CCN)c1OC1CCN(C)C1=O. The molecule has 1 saturated heterocycles. The number of hydrogen-bond acceptors (Lipinski definition) is 4. The molecule has 0 aliphatic carbocycles. The van der Waals surface area contributed by atoms with Crippen molar-refractivity contribution in [1.82, 2.24) is 4.90 Å². The van der Waals surface area contributed by atoms with E-state index in [9.17, 15) is 4.79 Å². The van der Waals surface area contributed by atoms with Gasteiger partial charge in [-0.2, -0.15) is 0 Å². The van der Waals surface area contributed by atoms with Crippen LogP contribution in [0.2, 0.25) is 5.02 Å². The van der Waals surface area contributed by atoms with Gasteiger partial charge in [-0.3, -0.25) is 4.79 Å². The molecule has 1 amide bonds. The Balaban J connectivity index is 2.31. The van der Waals surface area contributed by atoms with Gasteiger partial charge in [0.2, 0.25) is 0 Å². The molecule has 0 spiro atoms. The van der Waals surface area contributed by atoms with Crippen molar-refractivity contribution >= 4 is 17.5 Å². The maximum absolute atomic E-state index is 12.0. The molecule has 5 nitrogen and oxygen atoms in total. The Labute approximate surface area is 123 Å². The molecule has 2 N–H and O–H groups in total. The topological polar surface area (TPSA) is 64.8 Å². The fourth-order valence-electron chi connectivity index (χ4n) is 2.29. The first-order valence-corrected chi connectivity index (χ1v) is 6.92. The van der Waals surface area contributed by atoms with E-state index < -0.39 is 6.10 Å². The number of benzene rings is 1. The number of amides is 1. The maximum Gasteiger partial charge on any atom is 0.263 e. The summed E-state index contributed by atoms with van der Waals surface area (Å²) in [5, 5.41) is 0.563. The normalized spacial score (nSPS) is 18.5. The van der Waals surface area contributed by atoms with Crippen molar-refractivity contribution < 1.29 is 14.3 Å².